The van der Waals surface area contributed by atoms with Crippen molar-refractivity contribution >= 4 is 17.6 Å². The third-order valence-corrected chi connectivity index (χ3v) is 4.50. The third-order valence-electron chi connectivity index (χ3n) is 4.27. The fourth-order valence-electron chi connectivity index (χ4n) is 2.84. The van der Waals surface area contributed by atoms with Crippen molar-refractivity contribution in [1.29, 1.82) is 0 Å². The Morgan fingerprint density at radius 1 is 1.15 bits per heavy atom. The molecular weight excluding hydrogens is 360 g/mol. The molecule has 2 aromatic rings. The maximum absolute atomic E-state index is 11.9. The molecule has 1 aromatic heterocycles. The number of aliphatic imine (C=N–C) groups is 1. The van der Waals surface area contributed by atoms with Crippen LogP contribution < -0.4 is 16.2 Å². The van der Waals surface area contributed by atoms with Crippen molar-refractivity contribution in [3.05, 3.63) is 69.1 Å². The van der Waals surface area contributed by atoms with Gasteiger partial charge in [-0.3, -0.25) is 9.79 Å². The summed E-state index contributed by atoms with van der Waals surface area (Å²) < 4.78 is 1.82. The van der Waals surface area contributed by atoms with Gasteiger partial charge < -0.3 is 15.2 Å². The van der Waals surface area contributed by atoms with Gasteiger partial charge in [0.15, 0.2) is 5.96 Å². The second-order valence-corrected chi connectivity index (χ2v) is 6.87. The Bertz CT molecular complexity index is 801. The van der Waals surface area contributed by atoms with E-state index in [9.17, 15) is 4.79 Å². The molecule has 0 saturated carbocycles. The summed E-state index contributed by atoms with van der Waals surface area (Å²) in [5, 5.41) is 7.39. The van der Waals surface area contributed by atoms with Gasteiger partial charge in [-0.2, -0.15) is 0 Å². The lowest BCUT2D eigenvalue weighted by Crippen LogP contribution is -2.38. The van der Waals surface area contributed by atoms with Crippen molar-refractivity contribution in [3.63, 3.8) is 0 Å². The largest absolute Gasteiger partial charge is 0.357 e. The molecule has 0 radical (unpaired) electrons. The minimum Gasteiger partial charge on any atom is -0.357 e. The Hall–Kier alpha value is -2.27. The Labute approximate surface area is 166 Å². The molecule has 0 bridgehead atoms. The first-order chi connectivity index (χ1) is 13.1. The van der Waals surface area contributed by atoms with Gasteiger partial charge in [0, 0.05) is 43.0 Å². The number of unbranched alkanes of at least 4 members (excludes halogenated alkanes) is 1. The average molecular weight is 389 g/mol. The van der Waals surface area contributed by atoms with Crippen molar-refractivity contribution in [2.45, 2.75) is 39.7 Å². The molecular formula is C21H29ClN4O. The maximum Gasteiger partial charge on any atom is 0.250 e. The molecule has 27 heavy (non-hydrogen) atoms. The van der Waals surface area contributed by atoms with E-state index in [1.807, 2.05) is 35.8 Å². The van der Waals surface area contributed by atoms with Crippen LogP contribution >= 0.6 is 11.6 Å². The molecule has 0 spiro atoms. The van der Waals surface area contributed by atoms with Gasteiger partial charge in [-0.1, -0.05) is 29.8 Å². The van der Waals surface area contributed by atoms with Crippen molar-refractivity contribution < 1.29 is 0 Å². The van der Waals surface area contributed by atoms with Crippen molar-refractivity contribution in [3.8, 4) is 0 Å². The Morgan fingerprint density at radius 2 is 1.96 bits per heavy atom. The van der Waals surface area contributed by atoms with Crippen molar-refractivity contribution in [2.75, 3.05) is 19.6 Å². The number of hydrogen-bond acceptors (Lipinski definition) is 2. The molecule has 0 aliphatic rings. The van der Waals surface area contributed by atoms with Gasteiger partial charge in [-0.25, -0.2) is 0 Å². The number of nitrogens with one attached hydrogen (secondary N) is 2. The second-order valence-electron chi connectivity index (χ2n) is 6.43. The van der Waals surface area contributed by atoms with Crippen molar-refractivity contribution in [1.82, 2.24) is 15.2 Å². The monoisotopic (exact) mass is 388 g/mol. The summed E-state index contributed by atoms with van der Waals surface area (Å²) in [6.45, 7) is 7.10. The van der Waals surface area contributed by atoms with E-state index >= 15 is 0 Å². The summed E-state index contributed by atoms with van der Waals surface area (Å²) in [7, 11) is 0. The van der Waals surface area contributed by atoms with Gasteiger partial charge in [0.2, 0.25) is 0 Å². The normalized spacial score (nSPS) is 11.4. The van der Waals surface area contributed by atoms with E-state index in [-0.39, 0.29) is 5.56 Å². The average Bonchev–Trinajstić information content (AvgIpc) is 2.63. The van der Waals surface area contributed by atoms with E-state index in [1.165, 1.54) is 5.56 Å². The minimum absolute atomic E-state index is 0.0644. The summed E-state index contributed by atoms with van der Waals surface area (Å²) in [6, 6.07) is 13.3. The zero-order chi connectivity index (χ0) is 19.5. The van der Waals surface area contributed by atoms with Crippen LogP contribution in [0.4, 0.5) is 0 Å². The van der Waals surface area contributed by atoms with E-state index in [4.69, 9.17) is 11.6 Å². The lowest BCUT2D eigenvalue weighted by atomic mass is 10.1. The molecule has 0 fully saturated rings. The number of halogens is 1. The van der Waals surface area contributed by atoms with Crippen LogP contribution in [0.2, 0.25) is 5.02 Å². The molecule has 2 rings (SSSR count). The van der Waals surface area contributed by atoms with E-state index in [0.29, 0.717) is 0 Å². The first-order valence-corrected chi connectivity index (χ1v) is 9.91. The van der Waals surface area contributed by atoms with Gasteiger partial charge in [0.1, 0.15) is 0 Å². The van der Waals surface area contributed by atoms with E-state index in [2.05, 4.69) is 28.6 Å². The number of benzene rings is 1. The second kappa shape index (κ2) is 11.4. The number of nitrogens with zero attached hydrogens (tertiary/aromatic N) is 2. The lowest BCUT2D eigenvalue weighted by Gasteiger charge is -2.12. The van der Waals surface area contributed by atoms with Crippen molar-refractivity contribution in [2.24, 2.45) is 4.99 Å². The number of rotatable bonds is 9. The number of aromatic nitrogens is 1. The van der Waals surface area contributed by atoms with Gasteiger partial charge in [0.05, 0.1) is 0 Å². The van der Waals surface area contributed by atoms with Gasteiger partial charge in [0.25, 0.3) is 5.56 Å². The molecule has 146 valence electrons. The molecule has 1 aromatic carbocycles. The first-order valence-electron chi connectivity index (χ1n) is 9.53. The lowest BCUT2D eigenvalue weighted by molar-refractivity contribution is 0.585. The third kappa shape index (κ3) is 7.47. The zero-order valence-electron chi connectivity index (χ0n) is 16.2. The van der Waals surface area contributed by atoms with Crippen LogP contribution in [0.5, 0.6) is 0 Å². The Morgan fingerprint density at radius 3 is 2.70 bits per heavy atom. The quantitative estimate of drug-likeness (QED) is 0.393. The summed E-state index contributed by atoms with van der Waals surface area (Å²) >= 11 is 6.02. The number of guanidine groups is 1. The van der Waals surface area contributed by atoms with Crippen LogP contribution in [-0.4, -0.2) is 30.2 Å². The number of pyridine rings is 1. The highest BCUT2D eigenvalue weighted by molar-refractivity contribution is 6.30. The molecule has 5 nitrogen and oxygen atoms in total. The molecule has 0 saturated heterocycles. The van der Waals surface area contributed by atoms with Crippen LogP contribution in [0.15, 0.2) is 52.3 Å². The first kappa shape index (κ1) is 21.0. The summed E-state index contributed by atoms with van der Waals surface area (Å²) in [4.78, 5) is 16.5. The molecule has 0 aliphatic carbocycles. The van der Waals surface area contributed by atoms with E-state index in [1.54, 1.807) is 12.1 Å². The van der Waals surface area contributed by atoms with Crippen LogP contribution in [0.25, 0.3) is 0 Å². The molecule has 0 amide bonds. The molecule has 0 unspecified atom stereocenters. The van der Waals surface area contributed by atoms with Crippen LogP contribution in [0, 0.1) is 6.92 Å². The summed E-state index contributed by atoms with van der Waals surface area (Å²) in [6.07, 6.45) is 2.75. The van der Waals surface area contributed by atoms with Crippen LogP contribution in [0.3, 0.4) is 0 Å². The molecule has 6 heteroatoms. The van der Waals surface area contributed by atoms with Crippen LogP contribution in [0.1, 0.15) is 31.0 Å². The predicted molar refractivity (Wildman–Crippen MR) is 114 cm³/mol. The summed E-state index contributed by atoms with van der Waals surface area (Å²) in [5.41, 5.74) is 2.27. The summed E-state index contributed by atoms with van der Waals surface area (Å²) in [5.74, 6) is 0.826. The van der Waals surface area contributed by atoms with Gasteiger partial charge >= 0.3 is 0 Å². The topological polar surface area (TPSA) is 58.4 Å². The van der Waals surface area contributed by atoms with Gasteiger partial charge in [-0.05, 0) is 56.9 Å². The molecule has 0 aliphatic heterocycles. The fraction of sp³-hybridized carbons (Fsp3) is 0.429. The molecule has 2 N–H and O–H groups in total. The zero-order valence-corrected chi connectivity index (χ0v) is 16.9. The molecule has 0 atom stereocenters. The highest BCUT2D eigenvalue weighted by atomic mass is 35.5. The van der Waals surface area contributed by atoms with Gasteiger partial charge in [-0.15, -0.1) is 0 Å². The number of hydrogen-bond donors (Lipinski definition) is 2. The van der Waals surface area contributed by atoms with Crippen LogP contribution in [-0.2, 0) is 13.0 Å². The predicted octanol–water partition coefficient (Wildman–Crippen LogP) is 3.39. The highest BCUT2D eigenvalue weighted by Gasteiger charge is 2.00. The highest BCUT2D eigenvalue weighted by Crippen LogP contribution is 2.10. The smallest absolute Gasteiger partial charge is 0.250 e. The SMILES string of the molecule is CCNC(=NCCCCn1c(C)cccc1=O)NCCc1cccc(Cl)c1. The van der Waals surface area contributed by atoms with E-state index in [0.717, 1.165) is 62.1 Å². The maximum atomic E-state index is 11.9. The Kier molecular flexibility index (Phi) is 8.92. The molecule has 1 heterocycles. The standard InChI is InChI=1S/C21H29ClN4O/c1-3-23-21(25-14-12-18-9-7-10-19(22)16-18)24-13-4-5-15-26-17(2)8-6-11-20(26)27/h6-11,16H,3-5,12-15H2,1-2H3,(H2,23,24,25). The number of aryl methyl sites for hydroxylation is 1. The minimum atomic E-state index is 0.0644. The fourth-order valence-corrected chi connectivity index (χ4v) is 3.05. The van der Waals surface area contributed by atoms with E-state index < -0.39 is 0 Å². The Balaban J connectivity index is 1.75.